The second-order valence-electron chi connectivity index (χ2n) is 6.43. The number of carbonyl (C=O) groups is 2. The number of nitro benzene ring substituents is 1. The minimum absolute atomic E-state index is 0.000266. The van der Waals surface area contributed by atoms with Crippen LogP contribution in [0.4, 0.5) is 11.4 Å². The molecule has 0 bridgehead atoms. The van der Waals surface area contributed by atoms with Gasteiger partial charge in [-0.3, -0.25) is 19.7 Å². The van der Waals surface area contributed by atoms with Crippen LogP contribution >= 0.6 is 0 Å². The van der Waals surface area contributed by atoms with E-state index in [1.807, 2.05) is 24.3 Å². The Morgan fingerprint density at radius 2 is 1.79 bits per heavy atom. The number of nitrogens with one attached hydrogen (secondary N) is 1. The highest BCUT2D eigenvalue weighted by atomic mass is 16.6. The Morgan fingerprint density at radius 3 is 2.38 bits per heavy atom. The molecule has 0 radical (unpaired) electrons. The van der Waals surface area contributed by atoms with Crippen LogP contribution in [0.1, 0.15) is 31.4 Å². The predicted molar refractivity (Wildman–Crippen MR) is 108 cm³/mol. The average molecular weight is 400 g/mol. The highest BCUT2D eigenvalue weighted by molar-refractivity contribution is 5.97. The number of carbonyl (C=O) groups excluding carboxylic acids is 2. The number of ether oxygens (including phenoxy) is 2. The van der Waals surface area contributed by atoms with Crippen LogP contribution in [0.25, 0.3) is 0 Å². The number of amides is 1. The lowest BCUT2D eigenvalue weighted by Gasteiger charge is -2.14. The maximum absolute atomic E-state index is 12.3. The van der Waals surface area contributed by atoms with Crippen molar-refractivity contribution in [2.75, 3.05) is 12.4 Å². The topological polar surface area (TPSA) is 108 Å². The van der Waals surface area contributed by atoms with Crippen LogP contribution in [-0.2, 0) is 27.2 Å². The first-order chi connectivity index (χ1) is 13.8. The summed E-state index contributed by atoms with van der Waals surface area (Å²) in [4.78, 5) is 34.9. The van der Waals surface area contributed by atoms with Gasteiger partial charge < -0.3 is 14.8 Å². The fraction of sp³-hybridized carbons (Fsp3) is 0.333. The molecule has 29 heavy (non-hydrogen) atoms. The zero-order chi connectivity index (χ0) is 21.4. The number of benzene rings is 2. The van der Waals surface area contributed by atoms with Gasteiger partial charge >= 0.3 is 5.97 Å². The molecule has 0 unspecified atom stereocenters. The summed E-state index contributed by atoms with van der Waals surface area (Å²) in [7, 11) is 1.39. The van der Waals surface area contributed by atoms with Gasteiger partial charge in [0.05, 0.1) is 18.1 Å². The van der Waals surface area contributed by atoms with Crippen molar-refractivity contribution >= 4 is 23.3 Å². The summed E-state index contributed by atoms with van der Waals surface area (Å²) in [6.45, 7) is 3.48. The second-order valence-corrected chi connectivity index (χ2v) is 6.43. The summed E-state index contributed by atoms with van der Waals surface area (Å²) >= 11 is 0. The Morgan fingerprint density at radius 1 is 1.14 bits per heavy atom. The molecule has 0 heterocycles. The van der Waals surface area contributed by atoms with E-state index in [4.69, 9.17) is 9.47 Å². The molecule has 0 spiro atoms. The van der Waals surface area contributed by atoms with Gasteiger partial charge in [-0.25, -0.2) is 0 Å². The van der Waals surface area contributed by atoms with E-state index >= 15 is 0 Å². The van der Waals surface area contributed by atoms with Crippen molar-refractivity contribution in [1.29, 1.82) is 0 Å². The van der Waals surface area contributed by atoms with Crippen LogP contribution in [0, 0.1) is 10.1 Å². The van der Waals surface area contributed by atoms with Crippen LogP contribution in [0.3, 0.4) is 0 Å². The molecule has 0 aromatic heterocycles. The number of aryl methyl sites for hydroxylation is 2. The summed E-state index contributed by atoms with van der Waals surface area (Å²) in [6.07, 6.45) is 0.487. The van der Waals surface area contributed by atoms with E-state index in [2.05, 4.69) is 12.2 Å². The molecule has 2 aromatic rings. The fourth-order valence-corrected chi connectivity index (χ4v) is 2.63. The summed E-state index contributed by atoms with van der Waals surface area (Å²) in [5.74, 6) is -0.878. The third-order valence-electron chi connectivity index (χ3n) is 4.39. The molecular formula is C21H24N2O6. The van der Waals surface area contributed by atoms with Crippen LogP contribution in [0.2, 0.25) is 0 Å². The first-order valence-corrected chi connectivity index (χ1v) is 9.24. The lowest BCUT2D eigenvalue weighted by molar-refractivity contribution is -0.384. The van der Waals surface area contributed by atoms with Gasteiger partial charge in [-0.2, -0.15) is 0 Å². The van der Waals surface area contributed by atoms with Gasteiger partial charge in [-0.05, 0) is 43.0 Å². The maximum Gasteiger partial charge on any atom is 0.306 e. The monoisotopic (exact) mass is 400 g/mol. The molecule has 0 aliphatic carbocycles. The van der Waals surface area contributed by atoms with Crippen molar-refractivity contribution in [3.05, 3.63) is 63.7 Å². The van der Waals surface area contributed by atoms with E-state index in [9.17, 15) is 19.7 Å². The third-order valence-corrected chi connectivity index (χ3v) is 4.39. The average Bonchev–Trinajstić information content (AvgIpc) is 2.72. The van der Waals surface area contributed by atoms with Crippen molar-refractivity contribution in [3.63, 3.8) is 0 Å². The smallest absolute Gasteiger partial charge is 0.306 e. The number of esters is 1. The van der Waals surface area contributed by atoms with Gasteiger partial charge in [-0.1, -0.05) is 31.2 Å². The zero-order valence-corrected chi connectivity index (χ0v) is 16.6. The molecule has 1 amide bonds. The Labute approximate surface area is 169 Å². The Bertz CT molecular complexity index is 879. The van der Waals surface area contributed by atoms with E-state index < -0.39 is 22.9 Å². The molecular weight excluding hydrogens is 376 g/mol. The zero-order valence-electron chi connectivity index (χ0n) is 16.6. The van der Waals surface area contributed by atoms with Crippen LogP contribution in [-0.4, -0.2) is 30.0 Å². The molecule has 0 aliphatic rings. The van der Waals surface area contributed by atoms with E-state index in [0.717, 1.165) is 12.0 Å². The van der Waals surface area contributed by atoms with Gasteiger partial charge in [0.25, 0.3) is 11.6 Å². The van der Waals surface area contributed by atoms with Crippen molar-refractivity contribution < 1.29 is 24.0 Å². The molecule has 1 N–H and O–H groups in total. The second kappa shape index (κ2) is 10.2. The SMILES string of the molecule is CCc1ccc(CCC(=O)O[C@@H](C)C(=O)Nc2ccc(OC)cc2[N+](=O)[O-])cc1. The number of nitrogens with zero attached hydrogens (tertiary/aromatic N) is 1. The van der Waals surface area contributed by atoms with Crippen molar-refractivity contribution in [2.24, 2.45) is 0 Å². The number of methoxy groups -OCH3 is 1. The van der Waals surface area contributed by atoms with Gasteiger partial charge in [-0.15, -0.1) is 0 Å². The lowest BCUT2D eigenvalue weighted by Crippen LogP contribution is -2.30. The molecule has 0 saturated heterocycles. The number of rotatable bonds is 9. The normalized spacial score (nSPS) is 11.4. The van der Waals surface area contributed by atoms with E-state index in [1.165, 1.54) is 37.8 Å². The molecule has 0 fully saturated rings. The highest BCUT2D eigenvalue weighted by Gasteiger charge is 2.22. The van der Waals surface area contributed by atoms with Gasteiger partial charge in [0, 0.05) is 6.42 Å². The lowest BCUT2D eigenvalue weighted by atomic mass is 10.1. The molecule has 2 rings (SSSR count). The summed E-state index contributed by atoms with van der Waals surface area (Å²) < 4.78 is 10.1. The predicted octanol–water partition coefficient (Wildman–Crippen LogP) is 3.67. The van der Waals surface area contributed by atoms with Crippen LogP contribution < -0.4 is 10.1 Å². The minimum atomic E-state index is -1.09. The number of hydrogen-bond donors (Lipinski definition) is 1. The molecule has 154 valence electrons. The first-order valence-electron chi connectivity index (χ1n) is 9.24. The summed E-state index contributed by atoms with van der Waals surface area (Å²) in [5.41, 5.74) is 1.91. The molecule has 2 aromatic carbocycles. The van der Waals surface area contributed by atoms with E-state index in [-0.39, 0.29) is 17.8 Å². The number of nitro groups is 1. The largest absolute Gasteiger partial charge is 0.496 e. The number of anilines is 1. The minimum Gasteiger partial charge on any atom is -0.496 e. The fourth-order valence-electron chi connectivity index (χ4n) is 2.63. The quantitative estimate of drug-likeness (QED) is 0.391. The molecule has 8 nitrogen and oxygen atoms in total. The van der Waals surface area contributed by atoms with Crippen molar-refractivity contribution in [3.8, 4) is 5.75 Å². The Balaban J connectivity index is 1.91. The number of hydrogen-bond acceptors (Lipinski definition) is 6. The van der Waals surface area contributed by atoms with Gasteiger partial charge in [0.1, 0.15) is 11.4 Å². The summed E-state index contributed by atoms with van der Waals surface area (Å²) in [6, 6.07) is 12.0. The Kier molecular flexibility index (Phi) is 7.70. The van der Waals surface area contributed by atoms with Gasteiger partial charge in [0.2, 0.25) is 0 Å². The highest BCUT2D eigenvalue weighted by Crippen LogP contribution is 2.29. The molecule has 0 saturated carbocycles. The van der Waals surface area contributed by atoms with E-state index in [1.54, 1.807) is 0 Å². The molecule has 1 atom stereocenters. The first kappa shape index (κ1) is 21.9. The molecule has 8 heteroatoms. The van der Waals surface area contributed by atoms with Crippen LogP contribution in [0.15, 0.2) is 42.5 Å². The van der Waals surface area contributed by atoms with Crippen molar-refractivity contribution in [2.45, 2.75) is 39.2 Å². The van der Waals surface area contributed by atoms with Crippen LogP contribution in [0.5, 0.6) is 5.75 Å². The summed E-state index contributed by atoms with van der Waals surface area (Å²) in [5, 5.41) is 13.6. The standard InChI is InChI=1S/C21H24N2O6/c1-4-15-5-7-16(8-6-15)9-12-20(24)29-14(2)21(25)22-18-11-10-17(28-3)13-19(18)23(26)27/h5-8,10-11,13-14H,4,9,12H2,1-3H3,(H,22,25)/t14-/m0/s1. The molecule has 0 aliphatic heterocycles. The third kappa shape index (κ3) is 6.31. The van der Waals surface area contributed by atoms with Crippen molar-refractivity contribution in [1.82, 2.24) is 0 Å². The van der Waals surface area contributed by atoms with E-state index in [0.29, 0.717) is 12.2 Å². The maximum atomic E-state index is 12.3. The van der Waals surface area contributed by atoms with Gasteiger partial charge in [0.15, 0.2) is 6.10 Å². The Hall–Kier alpha value is -3.42.